The van der Waals surface area contributed by atoms with E-state index in [1.807, 2.05) is 36.4 Å². The Kier molecular flexibility index (Phi) is 9.28. The lowest BCUT2D eigenvalue weighted by molar-refractivity contribution is -0.131. The van der Waals surface area contributed by atoms with Crippen LogP contribution in [-0.2, 0) is 11.3 Å². The van der Waals surface area contributed by atoms with Gasteiger partial charge in [-0.1, -0.05) is 35.9 Å². The topological polar surface area (TPSA) is 78.9 Å². The minimum Gasteiger partial charge on any atom is -0.497 e. The van der Waals surface area contributed by atoms with Crippen LogP contribution in [0.15, 0.2) is 84.9 Å². The predicted octanol–water partition coefficient (Wildman–Crippen LogP) is 5.33. The van der Waals surface area contributed by atoms with Crippen LogP contribution in [0.2, 0.25) is 5.02 Å². The van der Waals surface area contributed by atoms with Crippen molar-refractivity contribution in [2.24, 2.45) is 0 Å². The van der Waals surface area contributed by atoms with E-state index < -0.39 is 0 Å². The Morgan fingerprint density at radius 1 is 0.929 bits per heavy atom. The molecule has 0 unspecified atom stereocenters. The van der Waals surface area contributed by atoms with Crippen molar-refractivity contribution in [3.63, 3.8) is 0 Å². The van der Waals surface area contributed by atoms with E-state index in [9.17, 15) is 14.0 Å². The largest absolute Gasteiger partial charge is 0.497 e. The normalized spacial score (nSPS) is 13.4. The molecule has 0 bridgehead atoms. The Bertz CT molecular complexity index is 1520. The van der Waals surface area contributed by atoms with E-state index >= 15 is 0 Å². The Balaban J connectivity index is 1.25. The summed E-state index contributed by atoms with van der Waals surface area (Å²) in [6.07, 6.45) is 0.744. The first-order valence-electron chi connectivity index (χ1n) is 13.7. The molecule has 2 amide bonds. The molecular weight excluding hydrogens is 557 g/mol. The Hall–Kier alpha value is -4.50. The average molecular weight is 588 g/mol. The van der Waals surface area contributed by atoms with E-state index in [0.717, 1.165) is 41.4 Å². The zero-order valence-electron chi connectivity index (χ0n) is 23.2. The van der Waals surface area contributed by atoms with Gasteiger partial charge in [-0.3, -0.25) is 9.59 Å². The molecule has 1 aliphatic heterocycles. The maximum atomic E-state index is 13.5. The van der Waals surface area contributed by atoms with Gasteiger partial charge in [0.1, 0.15) is 18.1 Å². The van der Waals surface area contributed by atoms with Crippen molar-refractivity contribution in [3.05, 3.63) is 107 Å². The van der Waals surface area contributed by atoms with Crippen molar-refractivity contribution in [2.45, 2.75) is 13.0 Å². The summed E-state index contributed by atoms with van der Waals surface area (Å²) in [4.78, 5) is 32.3. The molecule has 4 aromatic rings. The molecular formula is C32H31ClFN5O3. The number of halogens is 2. The van der Waals surface area contributed by atoms with Gasteiger partial charge in [-0.05, 0) is 72.6 Å². The van der Waals surface area contributed by atoms with Gasteiger partial charge in [0.15, 0.2) is 5.82 Å². The quantitative estimate of drug-likeness (QED) is 0.277. The smallest absolute Gasteiger partial charge is 0.254 e. The maximum absolute atomic E-state index is 13.5. The average Bonchev–Trinajstić information content (AvgIpc) is 3.29. The number of amides is 2. The third-order valence-corrected chi connectivity index (χ3v) is 7.43. The summed E-state index contributed by atoms with van der Waals surface area (Å²) in [5, 5.41) is 9.39. The van der Waals surface area contributed by atoms with E-state index in [1.165, 1.54) is 17.0 Å². The van der Waals surface area contributed by atoms with E-state index in [-0.39, 0.29) is 30.7 Å². The predicted molar refractivity (Wildman–Crippen MR) is 160 cm³/mol. The van der Waals surface area contributed by atoms with Gasteiger partial charge in [-0.15, -0.1) is 10.2 Å². The molecule has 42 heavy (non-hydrogen) atoms. The van der Waals surface area contributed by atoms with Crippen LogP contribution < -0.4 is 9.64 Å². The van der Waals surface area contributed by atoms with Crippen molar-refractivity contribution >= 4 is 29.2 Å². The van der Waals surface area contributed by atoms with Gasteiger partial charge in [0.2, 0.25) is 5.91 Å². The van der Waals surface area contributed by atoms with Crippen LogP contribution in [0.4, 0.5) is 10.2 Å². The summed E-state index contributed by atoms with van der Waals surface area (Å²) in [7, 11) is 1.63. The molecule has 3 aromatic carbocycles. The minimum atomic E-state index is -0.362. The minimum absolute atomic E-state index is 0.103. The summed E-state index contributed by atoms with van der Waals surface area (Å²) in [6, 6.07) is 24.0. The van der Waals surface area contributed by atoms with Crippen LogP contribution in [0.5, 0.6) is 5.75 Å². The van der Waals surface area contributed by atoms with E-state index in [2.05, 4.69) is 15.1 Å². The fourth-order valence-corrected chi connectivity index (χ4v) is 5.00. The second kappa shape index (κ2) is 13.4. The lowest BCUT2D eigenvalue weighted by atomic mass is 10.1. The Morgan fingerprint density at radius 3 is 2.43 bits per heavy atom. The summed E-state index contributed by atoms with van der Waals surface area (Å²) in [5.41, 5.74) is 2.81. The molecule has 0 aliphatic carbocycles. The molecule has 10 heteroatoms. The van der Waals surface area contributed by atoms with Crippen LogP contribution in [0.3, 0.4) is 0 Å². The number of hydrogen-bond acceptors (Lipinski definition) is 6. The number of nitrogens with zero attached hydrogens (tertiary/aromatic N) is 5. The number of anilines is 1. The summed E-state index contributed by atoms with van der Waals surface area (Å²) in [5.74, 6) is 0.681. The Labute approximate surface area is 249 Å². The molecule has 0 radical (unpaired) electrons. The maximum Gasteiger partial charge on any atom is 0.254 e. The van der Waals surface area contributed by atoms with E-state index in [4.69, 9.17) is 16.3 Å². The molecule has 5 rings (SSSR count). The van der Waals surface area contributed by atoms with Gasteiger partial charge >= 0.3 is 0 Å². The number of benzene rings is 3. The first-order chi connectivity index (χ1) is 20.4. The Morgan fingerprint density at radius 2 is 1.71 bits per heavy atom. The van der Waals surface area contributed by atoms with Crippen LogP contribution in [0, 0.1) is 5.82 Å². The lowest BCUT2D eigenvalue weighted by Gasteiger charge is -2.27. The zero-order valence-corrected chi connectivity index (χ0v) is 24.0. The fraction of sp³-hybridized carbons (Fsp3) is 0.250. The molecule has 0 N–H and O–H groups in total. The van der Waals surface area contributed by atoms with Gasteiger partial charge in [0.05, 0.1) is 12.8 Å². The van der Waals surface area contributed by atoms with Gasteiger partial charge in [0, 0.05) is 48.9 Å². The van der Waals surface area contributed by atoms with Gasteiger partial charge in [-0.25, -0.2) is 4.39 Å². The highest BCUT2D eigenvalue weighted by atomic mass is 35.5. The molecule has 216 valence electrons. The van der Waals surface area contributed by atoms with E-state index in [0.29, 0.717) is 30.2 Å². The van der Waals surface area contributed by atoms with Crippen LogP contribution in [-0.4, -0.2) is 71.6 Å². The molecule has 1 aliphatic rings. The molecule has 1 aromatic heterocycles. The van der Waals surface area contributed by atoms with Gasteiger partial charge < -0.3 is 19.4 Å². The van der Waals surface area contributed by atoms with E-state index in [1.54, 1.807) is 48.4 Å². The number of hydrogen-bond donors (Lipinski definition) is 0. The van der Waals surface area contributed by atoms with Crippen molar-refractivity contribution in [1.29, 1.82) is 0 Å². The monoisotopic (exact) mass is 587 g/mol. The first-order valence-corrected chi connectivity index (χ1v) is 14.1. The molecule has 1 fully saturated rings. The molecule has 1 saturated heterocycles. The zero-order chi connectivity index (χ0) is 29.5. The molecule has 2 heterocycles. The SMILES string of the molecule is COc1cccc(-c2ccc(N3CCCN(C(=O)CN(Cc4ccc(F)cc4)C(=O)c4ccc(Cl)cc4)CC3)nn2)c1. The second-order valence-corrected chi connectivity index (χ2v) is 10.5. The lowest BCUT2D eigenvalue weighted by Crippen LogP contribution is -2.44. The number of rotatable bonds is 8. The molecule has 8 nitrogen and oxygen atoms in total. The number of carbonyl (C=O) groups is 2. The molecule has 0 spiro atoms. The van der Waals surface area contributed by atoms with Crippen molar-refractivity contribution in [2.75, 3.05) is 44.7 Å². The van der Waals surface area contributed by atoms with Crippen LogP contribution in [0.25, 0.3) is 11.3 Å². The number of carbonyl (C=O) groups excluding carboxylic acids is 2. The van der Waals surface area contributed by atoms with Gasteiger partial charge in [-0.2, -0.15) is 0 Å². The molecule has 0 atom stereocenters. The number of methoxy groups -OCH3 is 1. The standard InChI is InChI=1S/C32H31ClFN5O3/c1-42-28-5-2-4-25(20-28)29-14-15-30(36-35-29)37-16-3-17-38(19-18-37)31(40)22-39(21-23-6-12-27(34)13-7-23)32(41)24-8-10-26(33)11-9-24/h2,4-15,20H,3,16-19,21-22H2,1H3. The highest BCUT2D eigenvalue weighted by Crippen LogP contribution is 2.23. The third-order valence-electron chi connectivity index (χ3n) is 7.18. The highest BCUT2D eigenvalue weighted by Gasteiger charge is 2.25. The van der Waals surface area contributed by atoms with Crippen molar-refractivity contribution < 1.29 is 18.7 Å². The third kappa shape index (κ3) is 7.22. The van der Waals surface area contributed by atoms with Crippen LogP contribution >= 0.6 is 11.6 Å². The summed E-state index contributed by atoms with van der Waals surface area (Å²) >= 11 is 6.01. The molecule has 0 saturated carbocycles. The number of aromatic nitrogens is 2. The van der Waals surface area contributed by atoms with Gasteiger partial charge in [0.25, 0.3) is 5.91 Å². The van der Waals surface area contributed by atoms with Crippen molar-refractivity contribution in [3.8, 4) is 17.0 Å². The second-order valence-electron chi connectivity index (χ2n) is 10.0. The summed E-state index contributed by atoms with van der Waals surface area (Å²) in [6.45, 7) is 2.42. The summed E-state index contributed by atoms with van der Waals surface area (Å²) < 4.78 is 18.8. The van der Waals surface area contributed by atoms with Crippen molar-refractivity contribution in [1.82, 2.24) is 20.0 Å². The first kappa shape index (κ1) is 29.0. The van der Waals surface area contributed by atoms with Crippen LogP contribution in [0.1, 0.15) is 22.3 Å². The number of ether oxygens (including phenoxy) is 1. The fourth-order valence-electron chi connectivity index (χ4n) is 4.87. The highest BCUT2D eigenvalue weighted by molar-refractivity contribution is 6.30.